The molecule has 1 atom stereocenters. The van der Waals surface area contributed by atoms with Gasteiger partial charge in [-0.1, -0.05) is 37.3 Å². The maximum absolute atomic E-state index is 12.6. The highest BCUT2D eigenvalue weighted by molar-refractivity contribution is 5.78. The lowest BCUT2D eigenvalue weighted by molar-refractivity contribution is -0.145. The Hall–Kier alpha value is -3.16. The highest BCUT2D eigenvalue weighted by atomic mass is 16.5. The summed E-state index contributed by atoms with van der Waals surface area (Å²) in [5, 5.41) is 0. The zero-order valence-corrected chi connectivity index (χ0v) is 16.3. The first-order chi connectivity index (χ1) is 13.5. The fourth-order valence-corrected chi connectivity index (χ4v) is 3.31. The van der Waals surface area contributed by atoms with Gasteiger partial charge in [0.15, 0.2) is 11.2 Å². The van der Waals surface area contributed by atoms with Crippen molar-refractivity contribution >= 4 is 17.1 Å². The van der Waals surface area contributed by atoms with Crippen LogP contribution in [0.3, 0.4) is 0 Å². The molecule has 0 N–H and O–H groups in total. The first kappa shape index (κ1) is 19.6. The number of benzene rings is 1. The molecule has 0 aliphatic rings. The first-order valence-corrected chi connectivity index (χ1v) is 9.28. The highest BCUT2D eigenvalue weighted by Gasteiger charge is 2.20. The van der Waals surface area contributed by atoms with Gasteiger partial charge < -0.3 is 9.30 Å². The standard InChI is InChI=1S/C20H24N4O4/c1-4-15(14-9-6-5-7-10-14)19(26)28-12-8-11-24-18(25)16-17(21-13-22(16)2)23(3)20(24)27/h5-7,9-10,13,15H,4,8,11-12H2,1-3H3/t15-/m0/s1. The molecule has 0 saturated heterocycles. The van der Waals surface area contributed by atoms with Gasteiger partial charge in [-0.3, -0.25) is 18.7 Å². The Kier molecular flexibility index (Phi) is 5.77. The SMILES string of the molecule is CC[C@H](C(=O)OCCCn1c(=O)c2c(ncn2C)n(C)c1=O)c1ccccc1. The van der Waals surface area contributed by atoms with Gasteiger partial charge in [-0.15, -0.1) is 0 Å². The minimum atomic E-state index is -0.432. The molecule has 2 aromatic heterocycles. The van der Waals surface area contributed by atoms with Crippen LogP contribution >= 0.6 is 0 Å². The van der Waals surface area contributed by atoms with Crippen LogP contribution in [0.5, 0.6) is 0 Å². The third kappa shape index (κ3) is 3.62. The Morgan fingerprint density at radius 2 is 1.89 bits per heavy atom. The van der Waals surface area contributed by atoms with Gasteiger partial charge in [-0.05, 0) is 18.4 Å². The fourth-order valence-electron chi connectivity index (χ4n) is 3.31. The smallest absolute Gasteiger partial charge is 0.332 e. The molecule has 0 radical (unpaired) electrons. The van der Waals surface area contributed by atoms with Gasteiger partial charge in [-0.2, -0.15) is 0 Å². The van der Waals surface area contributed by atoms with Crippen LogP contribution in [-0.2, 0) is 30.2 Å². The van der Waals surface area contributed by atoms with Crippen molar-refractivity contribution in [2.24, 2.45) is 14.1 Å². The van der Waals surface area contributed by atoms with Crippen LogP contribution in [0, 0.1) is 0 Å². The van der Waals surface area contributed by atoms with Gasteiger partial charge in [-0.25, -0.2) is 9.78 Å². The molecule has 0 amide bonds. The highest BCUT2D eigenvalue weighted by Crippen LogP contribution is 2.20. The maximum Gasteiger partial charge on any atom is 0.332 e. The summed E-state index contributed by atoms with van der Waals surface area (Å²) in [4.78, 5) is 41.6. The Labute approximate surface area is 162 Å². The van der Waals surface area contributed by atoms with Gasteiger partial charge in [0.05, 0.1) is 18.9 Å². The van der Waals surface area contributed by atoms with Crippen molar-refractivity contribution in [1.29, 1.82) is 0 Å². The lowest BCUT2D eigenvalue weighted by Crippen LogP contribution is -2.39. The fraction of sp³-hybridized carbons (Fsp3) is 0.400. The molecule has 0 saturated carbocycles. The average molecular weight is 384 g/mol. The van der Waals surface area contributed by atoms with E-state index in [0.29, 0.717) is 24.0 Å². The Morgan fingerprint density at radius 3 is 2.57 bits per heavy atom. The number of aromatic nitrogens is 4. The zero-order chi connectivity index (χ0) is 20.3. The lowest BCUT2D eigenvalue weighted by atomic mass is 9.97. The topological polar surface area (TPSA) is 88.1 Å². The lowest BCUT2D eigenvalue weighted by Gasteiger charge is -2.15. The second-order valence-electron chi connectivity index (χ2n) is 6.72. The van der Waals surface area contributed by atoms with E-state index in [1.54, 1.807) is 18.7 Å². The second-order valence-corrected chi connectivity index (χ2v) is 6.72. The summed E-state index contributed by atoms with van der Waals surface area (Å²) >= 11 is 0. The van der Waals surface area contributed by atoms with Gasteiger partial charge in [0.2, 0.25) is 0 Å². The minimum absolute atomic E-state index is 0.140. The van der Waals surface area contributed by atoms with E-state index in [1.807, 2.05) is 37.3 Å². The molecule has 3 aromatic rings. The van der Waals surface area contributed by atoms with Crippen molar-refractivity contribution in [2.75, 3.05) is 6.61 Å². The largest absolute Gasteiger partial charge is 0.465 e. The van der Waals surface area contributed by atoms with Crippen LogP contribution < -0.4 is 11.2 Å². The molecular weight excluding hydrogens is 360 g/mol. The summed E-state index contributed by atoms with van der Waals surface area (Å²) in [5.74, 6) is -0.612. The van der Waals surface area contributed by atoms with Crippen molar-refractivity contribution in [3.63, 3.8) is 0 Å². The van der Waals surface area contributed by atoms with Crippen molar-refractivity contribution in [3.05, 3.63) is 63.1 Å². The van der Waals surface area contributed by atoms with Crippen LogP contribution in [0.2, 0.25) is 0 Å². The van der Waals surface area contributed by atoms with Gasteiger partial charge in [0.25, 0.3) is 5.56 Å². The predicted octanol–water partition coefficient (Wildman–Crippen LogP) is 1.56. The van der Waals surface area contributed by atoms with Crippen LogP contribution in [0.4, 0.5) is 0 Å². The van der Waals surface area contributed by atoms with Gasteiger partial charge >= 0.3 is 11.7 Å². The Morgan fingerprint density at radius 1 is 1.18 bits per heavy atom. The zero-order valence-electron chi connectivity index (χ0n) is 16.3. The summed E-state index contributed by atoms with van der Waals surface area (Å²) in [6.45, 7) is 2.24. The molecule has 0 aliphatic heterocycles. The molecule has 0 bridgehead atoms. The molecule has 0 fully saturated rings. The molecule has 148 valence electrons. The quantitative estimate of drug-likeness (QED) is 0.456. The number of aryl methyl sites for hydroxylation is 2. The number of carbonyl (C=O) groups is 1. The van der Waals surface area contributed by atoms with Crippen molar-refractivity contribution in [1.82, 2.24) is 18.7 Å². The summed E-state index contributed by atoms with van der Waals surface area (Å²) < 4.78 is 9.50. The molecule has 8 heteroatoms. The van der Waals surface area contributed by atoms with E-state index in [0.717, 1.165) is 10.1 Å². The summed E-state index contributed by atoms with van der Waals surface area (Å²) in [6.07, 6.45) is 2.52. The van der Waals surface area contributed by atoms with E-state index in [9.17, 15) is 14.4 Å². The summed E-state index contributed by atoms with van der Waals surface area (Å²) in [5.41, 5.74) is 0.822. The maximum atomic E-state index is 12.6. The molecule has 1 aromatic carbocycles. The second kappa shape index (κ2) is 8.24. The van der Waals surface area contributed by atoms with Crippen LogP contribution in [0.25, 0.3) is 11.2 Å². The van der Waals surface area contributed by atoms with Crippen LogP contribution in [-0.4, -0.2) is 31.3 Å². The molecule has 8 nitrogen and oxygen atoms in total. The number of hydrogen-bond donors (Lipinski definition) is 0. The number of rotatable bonds is 7. The van der Waals surface area contributed by atoms with Crippen LogP contribution in [0.1, 0.15) is 31.2 Å². The Bertz CT molecular complexity index is 1100. The van der Waals surface area contributed by atoms with Crippen molar-refractivity contribution < 1.29 is 9.53 Å². The number of hydrogen-bond acceptors (Lipinski definition) is 5. The molecule has 0 spiro atoms. The number of carbonyl (C=O) groups excluding carboxylic acids is 1. The molecular formula is C20H24N4O4. The normalized spacial score (nSPS) is 12.2. The molecule has 3 rings (SSSR count). The van der Waals surface area contributed by atoms with E-state index in [2.05, 4.69) is 4.98 Å². The van der Waals surface area contributed by atoms with Gasteiger partial charge in [0, 0.05) is 20.6 Å². The Balaban J connectivity index is 1.67. The monoisotopic (exact) mass is 384 g/mol. The number of imidazole rings is 1. The number of ether oxygens (including phenoxy) is 1. The van der Waals surface area contributed by atoms with E-state index >= 15 is 0 Å². The average Bonchev–Trinajstić information content (AvgIpc) is 3.09. The van der Waals surface area contributed by atoms with Crippen molar-refractivity contribution in [3.8, 4) is 0 Å². The van der Waals surface area contributed by atoms with E-state index in [4.69, 9.17) is 4.74 Å². The number of esters is 1. The summed E-state index contributed by atoms with van der Waals surface area (Å²) in [6, 6.07) is 9.49. The third-order valence-electron chi connectivity index (χ3n) is 4.87. The molecule has 0 unspecified atom stereocenters. The van der Waals surface area contributed by atoms with E-state index < -0.39 is 5.69 Å². The predicted molar refractivity (Wildman–Crippen MR) is 105 cm³/mol. The third-order valence-corrected chi connectivity index (χ3v) is 4.87. The first-order valence-electron chi connectivity index (χ1n) is 9.28. The van der Waals surface area contributed by atoms with E-state index in [1.165, 1.54) is 10.9 Å². The summed E-state index contributed by atoms with van der Waals surface area (Å²) in [7, 11) is 3.29. The molecule has 2 heterocycles. The minimum Gasteiger partial charge on any atom is -0.465 e. The van der Waals surface area contributed by atoms with E-state index in [-0.39, 0.29) is 30.6 Å². The van der Waals surface area contributed by atoms with Gasteiger partial charge in [0.1, 0.15) is 0 Å². The molecule has 0 aliphatic carbocycles. The van der Waals surface area contributed by atoms with Crippen LogP contribution in [0.15, 0.2) is 46.2 Å². The molecule has 28 heavy (non-hydrogen) atoms. The number of fused-ring (bicyclic) bond motifs is 1. The number of nitrogens with zero attached hydrogens (tertiary/aromatic N) is 4. The van der Waals surface area contributed by atoms with Crippen molar-refractivity contribution in [2.45, 2.75) is 32.2 Å².